The molecule has 0 aliphatic carbocycles. The van der Waals surface area contributed by atoms with Crippen molar-refractivity contribution in [3.05, 3.63) is 42.3 Å². The lowest BCUT2D eigenvalue weighted by molar-refractivity contribution is 0.151. The molecule has 1 aromatic carbocycles. The topological polar surface area (TPSA) is 0 Å². The normalized spacial score (nSPS) is 11.2. The van der Waals surface area contributed by atoms with Crippen LogP contribution in [0.4, 0.5) is 8.78 Å². The summed E-state index contributed by atoms with van der Waals surface area (Å²) in [6.45, 7) is 5.64. The van der Waals surface area contributed by atoms with Gasteiger partial charge in [-0.05, 0) is 24.5 Å². The van der Waals surface area contributed by atoms with E-state index >= 15 is 0 Å². The summed E-state index contributed by atoms with van der Waals surface area (Å²) in [5, 5.41) is 0. The van der Waals surface area contributed by atoms with Crippen LogP contribution in [-0.2, 0) is 0 Å². The molecule has 0 amide bonds. The molecule has 0 bridgehead atoms. The molecule has 1 aromatic rings. The summed E-state index contributed by atoms with van der Waals surface area (Å²) < 4.78 is 24.4. The summed E-state index contributed by atoms with van der Waals surface area (Å²) in [4.78, 5) is 0. The highest BCUT2D eigenvalue weighted by Crippen LogP contribution is 2.22. The quantitative estimate of drug-likeness (QED) is 0.635. The minimum absolute atomic E-state index is 0.0590. The molecule has 0 nitrogen and oxygen atoms in total. The maximum Gasteiger partial charge on any atom is 0.263 e. The van der Waals surface area contributed by atoms with Crippen molar-refractivity contribution in [2.45, 2.75) is 19.3 Å². The monoisotopic (exact) mass is 169 g/mol. The molecule has 1 rings (SSSR count). The van der Waals surface area contributed by atoms with E-state index in [0.717, 1.165) is 5.56 Å². The van der Waals surface area contributed by atoms with Crippen molar-refractivity contribution < 1.29 is 8.78 Å². The third-order valence-electron chi connectivity index (χ3n) is 1.73. The molecular formula is C10H11F2. The van der Waals surface area contributed by atoms with Crippen LogP contribution in [0.3, 0.4) is 0 Å². The van der Waals surface area contributed by atoms with Crippen molar-refractivity contribution in [3.63, 3.8) is 0 Å². The van der Waals surface area contributed by atoms with Gasteiger partial charge in [0.05, 0.1) is 0 Å². The number of hydrogen-bond donors (Lipinski definition) is 0. The zero-order chi connectivity index (χ0) is 9.14. The highest BCUT2D eigenvalue weighted by atomic mass is 19.3. The Morgan fingerprint density at radius 2 is 1.83 bits per heavy atom. The Labute approximate surface area is 71.2 Å². The predicted molar refractivity (Wildman–Crippen MR) is 45.2 cm³/mol. The van der Waals surface area contributed by atoms with E-state index < -0.39 is 6.43 Å². The van der Waals surface area contributed by atoms with Crippen molar-refractivity contribution >= 4 is 0 Å². The molecule has 1 radical (unpaired) electrons. The number of rotatable bonds is 2. The van der Waals surface area contributed by atoms with Crippen LogP contribution in [0.2, 0.25) is 0 Å². The Morgan fingerprint density at radius 3 is 2.33 bits per heavy atom. The third-order valence-corrected chi connectivity index (χ3v) is 1.73. The number of halogens is 2. The second-order valence-corrected chi connectivity index (χ2v) is 2.87. The standard InChI is InChI=1S/C10H11F2/c1-7(2)8-4-3-5-9(6-8)10(11)12/h3-7,10H,1H2,2H3. The number of benzene rings is 1. The summed E-state index contributed by atoms with van der Waals surface area (Å²) in [7, 11) is 0. The van der Waals surface area contributed by atoms with E-state index in [4.69, 9.17) is 0 Å². The second-order valence-electron chi connectivity index (χ2n) is 2.87. The molecule has 0 aliphatic heterocycles. The Morgan fingerprint density at radius 1 is 1.25 bits per heavy atom. The van der Waals surface area contributed by atoms with Crippen molar-refractivity contribution in [3.8, 4) is 0 Å². The lowest BCUT2D eigenvalue weighted by atomic mass is 10.0. The van der Waals surface area contributed by atoms with E-state index in [1.807, 2.05) is 13.0 Å². The molecule has 0 saturated heterocycles. The molecule has 1 unspecified atom stereocenters. The van der Waals surface area contributed by atoms with Gasteiger partial charge in [0.1, 0.15) is 0 Å². The van der Waals surface area contributed by atoms with Crippen LogP contribution in [0, 0.1) is 6.92 Å². The van der Waals surface area contributed by atoms with Gasteiger partial charge in [0.15, 0.2) is 0 Å². The molecule has 0 aromatic heterocycles. The molecule has 12 heavy (non-hydrogen) atoms. The van der Waals surface area contributed by atoms with Gasteiger partial charge in [-0.3, -0.25) is 0 Å². The minimum Gasteiger partial charge on any atom is -0.205 e. The van der Waals surface area contributed by atoms with Crippen LogP contribution < -0.4 is 0 Å². The average molecular weight is 169 g/mol. The van der Waals surface area contributed by atoms with Crippen molar-refractivity contribution in [1.29, 1.82) is 0 Å². The fourth-order valence-corrected chi connectivity index (χ4v) is 1.00. The second kappa shape index (κ2) is 3.65. The van der Waals surface area contributed by atoms with Crippen LogP contribution in [0.25, 0.3) is 0 Å². The maximum absolute atomic E-state index is 12.2. The molecule has 0 fully saturated rings. The Bertz CT molecular complexity index is 231. The van der Waals surface area contributed by atoms with Gasteiger partial charge in [-0.25, -0.2) is 8.78 Å². The molecule has 0 saturated carbocycles. The van der Waals surface area contributed by atoms with Gasteiger partial charge in [0.25, 0.3) is 6.43 Å². The number of hydrogen-bond acceptors (Lipinski definition) is 0. The van der Waals surface area contributed by atoms with E-state index in [-0.39, 0.29) is 11.5 Å². The summed E-state index contributed by atoms with van der Waals surface area (Å²) in [6.07, 6.45) is -2.39. The Kier molecular flexibility index (Phi) is 2.79. The van der Waals surface area contributed by atoms with Crippen LogP contribution in [0.15, 0.2) is 24.3 Å². The van der Waals surface area contributed by atoms with Crippen LogP contribution in [0.5, 0.6) is 0 Å². The smallest absolute Gasteiger partial charge is 0.205 e. The summed E-state index contributed by atoms with van der Waals surface area (Å²) >= 11 is 0. The first-order chi connectivity index (χ1) is 5.61. The summed E-state index contributed by atoms with van der Waals surface area (Å²) in [6, 6.07) is 6.38. The molecule has 1 atom stereocenters. The van der Waals surface area contributed by atoms with E-state index in [9.17, 15) is 8.78 Å². The average Bonchev–Trinajstić information content (AvgIpc) is 2.04. The first-order valence-corrected chi connectivity index (χ1v) is 3.82. The van der Waals surface area contributed by atoms with Gasteiger partial charge < -0.3 is 0 Å². The zero-order valence-electron chi connectivity index (χ0n) is 6.93. The lowest BCUT2D eigenvalue weighted by Gasteiger charge is -2.06. The van der Waals surface area contributed by atoms with E-state index in [1.54, 1.807) is 6.07 Å². The zero-order valence-corrected chi connectivity index (χ0v) is 6.93. The Balaban J connectivity index is 2.96. The lowest BCUT2D eigenvalue weighted by Crippen LogP contribution is -1.90. The molecular weight excluding hydrogens is 158 g/mol. The summed E-state index contributed by atoms with van der Waals surface area (Å²) in [5.41, 5.74) is 0.927. The van der Waals surface area contributed by atoms with Crippen molar-refractivity contribution in [2.75, 3.05) is 0 Å². The van der Waals surface area contributed by atoms with Gasteiger partial charge in [-0.1, -0.05) is 25.1 Å². The highest BCUT2D eigenvalue weighted by Gasteiger charge is 2.07. The van der Waals surface area contributed by atoms with Gasteiger partial charge in [0, 0.05) is 5.56 Å². The third kappa shape index (κ3) is 2.03. The predicted octanol–water partition coefficient (Wildman–Crippen LogP) is 3.56. The molecule has 0 heterocycles. The Hall–Kier alpha value is -0.920. The van der Waals surface area contributed by atoms with Crippen molar-refractivity contribution in [1.82, 2.24) is 0 Å². The van der Waals surface area contributed by atoms with E-state index in [2.05, 4.69) is 6.92 Å². The fourth-order valence-electron chi connectivity index (χ4n) is 1.00. The van der Waals surface area contributed by atoms with Crippen LogP contribution in [0.1, 0.15) is 30.4 Å². The molecule has 2 heteroatoms. The van der Waals surface area contributed by atoms with E-state index in [1.165, 1.54) is 12.1 Å². The first kappa shape index (κ1) is 9.17. The molecule has 0 aliphatic rings. The maximum atomic E-state index is 12.2. The molecule has 0 spiro atoms. The van der Waals surface area contributed by atoms with Gasteiger partial charge in [-0.2, -0.15) is 0 Å². The van der Waals surface area contributed by atoms with Crippen LogP contribution >= 0.6 is 0 Å². The highest BCUT2D eigenvalue weighted by molar-refractivity contribution is 5.27. The SMILES string of the molecule is [CH2]C(C)c1cccc(C(F)F)c1. The van der Waals surface area contributed by atoms with E-state index in [0.29, 0.717) is 0 Å². The minimum atomic E-state index is -2.39. The molecule has 65 valence electrons. The van der Waals surface area contributed by atoms with Gasteiger partial charge >= 0.3 is 0 Å². The fraction of sp³-hybridized carbons (Fsp3) is 0.300. The molecule has 0 N–H and O–H groups in total. The van der Waals surface area contributed by atoms with Gasteiger partial charge in [0.2, 0.25) is 0 Å². The first-order valence-electron chi connectivity index (χ1n) is 3.82. The van der Waals surface area contributed by atoms with Crippen molar-refractivity contribution in [2.24, 2.45) is 0 Å². The number of alkyl halides is 2. The summed E-state index contributed by atoms with van der Waals surface area (Å²) in [5.74, 6) is 0.0590. The van der Waals surface area contributed by atoms with Crippen LogP contribution in [-0.4, -0.2) is 0 Å². The largest absolute Gasteiger partial charge is 0.263 e. The van der Waals surface area contributed by atoms with Gasteiger partial charge in [-0.15, -0.1) is 0 Å².